The summed E-state index contributed by atoms with van der Waals surface area (Å²) in [7, 11) is -3.44. The molecule has 32 heavy (non-hydrogen) atoms. The molecule has 1 N–H and O–H groups in total. The molecule has 0 atom stereocenters. The van der Waals surface area contributed by atoms with Crippen molar-refractivity contribution in [2.75, 3.05) is 10.6 Å². The number of anilines is 1. The van der Waals surface area contributed by atoms with Crippen LogP contribution in [0.1, 0.15) is 21.5 Å². The number of sulfonamides is 1. The number of rotatable bonds is 7. The second-order valence-corrected chi connectivity index (χ2v) is 9.57. The maximum absolute atomic E-state index is 12.6. The molecule has 162 valence electrons. The molecule has 0 saturated carbocycles. The Morgan fingerprint density at radius 2 is 1.41 bits per heavy atom. The van der Waals surface area contributed by atoms with Crippen LogP contribution in [-0.4, -0.2) is 20.6 Å². The molecule has 0 bridgehead atoms. The summed E-state index contributed by atoms with van der Waals surface area (Å²) in [6.07, 6.45) is 1.19. The van der Waals surface area contributed by atoms with Gasteiger partial charge >= 0.3 is 0 Å². The molecule has 0 heterocycles. The fourth-order valence-electron chi connectivity index (χ4n) is 3.55. The summed E-state index contributed by atoms with van der Waals surface area (Å²) in [6.45, 7) is 0.628. The van der Waals surface area contributed by atoms with E-state index in [1.54, 1.807) is 48.5 Å². The van der Waals surface area contributed by atoms with Crippen LogP contribution in [-0.2, 0) is 23.1 Å². The number of carbonyl (C=O) groups is 1. The lowest BCUT2D eigenvalue weighted by Gasteiger charge is -2.22. The molecular formula is C26H24N2O3S. The lowest BCUT2D eigenvalue weighted by atomic mass is 10.1. The molecule has 4 rings (SSSR count). The second-order valence-electron chi connectivity index (χ2n) is 7.67. The SMILES string of the molecule is CS(=O)(=O)N(Cc1ccc(C(=O)NCc2ccc3ccccc3c2)cc1)c1ccccc1. The normalized spacial score (nSPS) is 11.3. The Morgan fingerprint density at radius 1 is 0.781 bits per heavy atom. The minimum Gasteiger partial charge on any atom is -0.348 e. The van der Waals surface area contributed by atoms with Gasteiger partial charge in [0.15, 0.2) is 0 Å². The van der Waals surface area contributed by atoms with Crippen LogP contribution in [0.25, 0.3) is 10.8 Å². The summed E-state index contributed by atoms with van der Waals surface area (Å²) >= 11 is 0. The van der Waals surface area contributed by atoms with Gasteiger partial charge in [-0.25, -0.2) is 8.42 Å². The van der Waals surface area contributed by atoms with Crippen molar-refractivity contribution in [2.24, 2.45) is 0 Å². The van der Waals surface area contributed by atoms with E-state index in [2.05, 4.69) is 23.5 Å². The predicted molar refractivity (Wildman–Crippen MR) is 129 cm³/mol. The van der Waals surface area contributed by atoms with Crippen molar-refractivity contribution in [1.29, 1.82) is 0 Å². The smallest absolute Gasteiger partial charge is 0.251 e. The number of benzene rings is 4. The Labute approximate surface area is 188 Å². The molecule has 1 amide bonds. The first-order chi connectivity index (χ1) is 15.4. The first-order valence-electron chi connectivity index (χ1n) is 10.3. The zero-order valence-electron chi connectivity index (χ0n) is 17.7. The summed E-state index contributed by atoms with van der Waals surface area (Å²) in [5, 5.41) is 5.25. The third-order valence-electron chi connectivity index (χ3n) is 5.25. The average molecular weight is 445 g/mol. The molecule has 0 aliphatic rings. The van der Waals surface area contributed by atoms with Gasteiger partial charge in [-0.15, -0.1) is 0 Å². The van der Waals surface area contributed by atoms with E-state index < -0.39 is 10.0 Å². The van der Waals surface area contributed by atoms with E-state index in [0.717, 1.165) is 21.9 Å². The Morgan fingerprint density at radius 3 is 2.09 bits per heavy atom. The van der Waals surface area contributed by atoms with Gasteiger partial charge in [0.2, 0.25) is 10.0 Å². The summed E-state index contributed by atoms with van der Waals surface area (Å²) in [6, 6.07) is 30.2. The van der Waals surface area contributed by atoms with E-state index in [-0.39, 0.29) is 12.5 Å². The third-order valence-corrected chi connectivity index (χ3v) is 6.39. The largest absolute Gasteiger partial charge is 0.348 e. The molecule has 0 aliphatic carbocycles. The summed E-state index contributed by atoms with van der Waals surface area (Å²) in [4.78, 5) is 12.6. The topological polar surface area (TPSA) is 66.5 Å². The Balaban J connectivity index is 1.42. The number of para-hydroxylation sites is 1. The van der Waals surface area contributed by atoms with Crippen molar-refractivity contribution in [2.45, 2.75) is 13.1 Å². The van der Waals surface area contributed by atoms with Gasteiger partial charge in [0.05, 0.1) is 18.5 Å². The van der Waals surface area contributed by atoms with Crippen LogP contribution in [0.2, 0.25) is 0 Å². The van der Waals surface area contributed by atoms with Crippen LogP contribution in [0.4, 0.5) is 5.69 Å². The van der Waals surface area contributed by atoms with Crippen LogP contribution >= 0.6 is 0 Å². The van der Waals surface area contributed by atoms with Crippen LogP contribution < -0.4 is 9.62 Å². The molecule has 4 aromatic rings. The van der Waals surface area contributed by atoms with Crippen LogP contribution in [0.15, 0.2) is 97.1 Å². The minimum absolute atomic E-state index is 0.173. The molecule has 4 aromatic carbocycles. The monoisotopic (exact) mass is 444 g/mol. The quantitative estimate of drug-likeness (QED) is 0.448. The van der Waals surface area contributed by atoms with Gasteiger partial charge in [-0.1, -0.05) is 66.7 Å². The Bertz CT molecular complexity index is 1330. The molecule has 0 aromatic heterocycles. The Hall–Kier alpha value is -3.64. The standard InChI is InChI=1S/C26H24N2O3S/c1-32(30,31)28(25-9-3-2-4-10-25)19-20-11-15-23(16-12-20)26(29)27-18-21-13-14-22-7-5-6-8-24(22)17-21/h2-17H,18-19H2,1H3,(H,27,29). The molecule has 0 fully saturated rings. The van der Waals surface area contributed by atoms with E-state index >= 15 is 0 Å². The lowest BCUT2D eigenvalue weighted by Crippen LogP contribution is -2.29. The van der Waals surface area contributed by atoms with Gasteiger partial charge in [-0.3, -0.25) is 9.10 Å². The minimum atomic E-state index is -3.44. The molecule has 0 aliphatic heterocycles. The highest BCUT2D eigenvalue weighted by Crippen LogP contribution is 2.20. The maximum Gasteiger partial charge on any atom is 0.251 e. The highest BCUT2D eigenvalue weighted by molar-refractivity contribution is 7.92. The zero-order valence-corrected chi connectivity index (χ0v) is 18.5. The third kappa shape index (κ3) is 5.15. The van der Waals surface area contributed by atoms with E-state index in [4.69, 9.17) is 0 Å². The van der Waals surface area contributed by atoms with Crippen LogP contribution in [0.3, 0.4) is 0 Å². The number of fused-ring (bicyclic) bond motifs is 1. The number of hydrogen-bond acceptors (Lipinski definition) is 3. The van der Waals surface area contributed by atoms with Crippen LogP contribution in [0.5, 0.6) is 0 Å². The molecule has 0 radical (unpaired) electrons. The number of carbonyl (C=O) groups excluding carboxylic acids is 1. The van der Waals surface area contributed by atoms with Crippen LogP contribution in [0, 0.1) is 0 Å². The predicted octanol–water partition coefficient (Wildman–Crippen LogP) is 4.74. The van der Waals surface area contributed by atoms with E-state index in [1.807, 2.05) is 30.3 Å². The molecule has 0 saturated heterocycles. The zero-order chi connectivity index (χ0) is 22.6. The highest BCUT2D eigenvalue weighted by Gasteiger charge is 2.17. The van der Waals surface area contributed by atoms with Gasteiger partial charge in [-0.2, -0.15) is 0 Å². The summed E-state index contributed by atoms with van der Waals surface area (Å²) in [5.74, 6) is -0.173. The number of amides is 1. The summed E-state index contributed by atoms with van der Waals surface area (Å²) in [5.41, 5.74) is 2.96. The summed E-state index contributed by atoms with van der Waals surface area (Å²) < 4.78 is 25.9. The van der Waals surface area contributed by atoms with Crippen molar-refractivity contribution in [3.05, 3.63) is 114 Å². The highest BCUT2D eigenvalue weighted by atomic mass is 32.2. The average Bonchev–Trinajstić information content (AvgIpc) is 2.81. The van der Waals surface area contributed by atoms with Gasteiger partial charge in [-0.05, 0) is 52.2 Å². The molecule has 0 unspecified atom stereocenters. The lowest BCUT2D eigenvalue weighted by molar-refractivity contribution is 0.0951. The number of nitrogens with zero attached hydrogens (tertiary/aromatic N) is 1. The van der Waals surface area contributed by atoms with Gasteiger partial charge in [0.25, 0.3) is 5.91 Å². The van der Waals surface area contributed by atoms with E-state index in [1.165, 1.54) is 10.6 Å². The fourth-order valence-corrected chi connectivity index (χ4v) is 4.44. The second kappa shape index (κ2) is 9.24. The van der Waals surface area contributed by atoms with Gasteiger partial charge in [0.1, 0.15) is 0 Å². The first-order valence-corrected chi connectivity index (χ1v) is 12.1. The number of nitrogens with one attached hydrogen (secondary N) is 1. The molecule has 0 spiro atoms. The van der Waals surface area contributed by atoms with Crippen molar-refractivity contribution in [3.63, 3.8) is 0 Å². The van der Waals surface area contributed by atoms with Crippen molar-refractivity contribution in [3.8, 4) is 0 Å². The van der Waals surface area contributed by atoms with Crippen molar-refractivity contribution in [1.82, 2.24) is 5.32 Å². The van der Waals surface area contributed by atoms with Crippen molar-refractivity contribution < 1.29 is 13.2 Å². The number of hydrogen-bond donors (Lipinski definition) is 1. The molecule has 6 heteroatoms. The maximum atomic E-state index is 12.6. The van der Waals surface area contributed by atoms with Gasteiger partial charge in [0, 0.05) is 12.1 Å². The molecule has 5 nitrogen and oxygen atoms in total. The van der Waals surface area contributed by atoms with E-state index in [0.29, 0.717) is 17.8 Å². The van der Waals surface area contributed by atoms with Crippen molar-refractivity contribution >= 4 is 32.4 Å². The fraction of sp³-hybridized carbons (Fsp3) is 0.115. The van der Waals surface area contributed by atoms with Gasteiger partial charge < -0.3 is 5.32 Å². The van der Waals surface area contributed by atoms with E-state index in [9.17, 15) is 13.2 Å². The molecular weight excluding hydrogens is 420 g/mol. The Kier molecular flexibility index (Phi) is 6.23. The first kappa shape index (κ1) is 21.6.